The van der Waals surface area contributed by atoms with Gasteiger partial charge in [-0.25, -0.2) is 0 Å². The standard InChI is InChI=1S/C21H20N2O2/c24-18-7-3-1-5-16(18)12-22-20-14-9-10-15(11-14)21(20)23-13-17-6-2-4-8-19(17)25/h1-10,12-15,20-21,24-25H,11H2/t14-,15+,20?,21?. The molecule has 4 rings (SSSR count). The largest absolute Gasteiger partial charge is 0.507 e. The van der Waals surface area contributed by atoms with Crippen LogP contribution < -0.4 is 0 Å². The lowest BCUT2D eigenvalue weighted by molar-refractivity contribution is 0.472. The molecule has 1 saturated carbocycles. The second kappa shape index (κ2) is 6.55. The number of para-hydroxylation sites is 2. The van der Waals surface area contributed by atoms with Crippen LogP contribution in [0.4, 0.5) is 0 Å². The molecule has 2 aliphatic rings. The molecule has 126 valence electrons. The van der Waals surface area contributed by atoms with Gasteiger partial charge in [-0.1, -0.05) is 36.4 Å². The zero-order valence-corrected chi connectivity index (χ0v) is 13.7. The second-order valence-electron chi connectivity index (χ2n) is 6.60. The Bertz CT molecular complexity index is 787. The van der Waals surface area contributed by atoms with Gasteiger partial charge in [0.25, 0.3) is 0 Å². The van der Waals surface area contributed by atoms with E-state index in [2.05, 4.69) is 12.2 Å². The number of fused-ring (bicyclic) bond motifs is 2. The summed E-state index contributed by atoms with van der Waals surface area (Å²) in [5.41, 5.74) is 1.44. The van der Waals surface area contributed by atoms with Crippen molar-refractivity contribution in [2.45, 2.75) is 18.5 Å². The van der Waals surface area contributed by atoms with E-state index in [0.29, 0.717) is 11.8 Å². The fraction of sp³-hybridized carbons (Fsp3) is 0.238. The predicted octanol–water partition coefficient (Wildman–Crippen LogP) is 3.58. The highest BCUT2D eigenvalue weighted by atomic mass is 16.3. The van der Waals surface area contributed by atoms with Gasteiger partial charge in [-0.2, -0.15) is 0 Å². The summed E-state index contributed by atoms with van der Waals surface area (Å²) in [6.45, 7) is 0. The molecule has 25 heavy (non-hydrogen) atoms. The normalized spacial score (nSPS) is 27.7. The number of rotatable bonds is 4. The Labute approximate surface area is 146 Å². The highest BCUT2D eigenvalue weighted by molar-refractivity contribution is 5.84. The fourth-order valence-corrected chi connectivity index (χ4v) is 3.69. The maximum atomic E-state index is 9.90. The van der Waals surface area contributed by atoms with Crippen LogP contribution in [0.2, 0.25) is 0 Å². The van der Waals surface area contributed by atoms with Crippen molar-refractivity contribution in [3.05, 3.63) is 71.8 Å². The molecule has 1 fully saturated rings. The molecule has 4 heteroatoms. The van der Waals surface area contributed by atoms with Gasteiger partial charge >= 0.3 is 0 Å². The Hall–Kier alpha value is -2.88. The third-order valence-electron chi connectivity index (χ3n) is 5.02. The first-order chi connectivity index (χ1) is 12.2. The van der Waals surface area contributed by atoms with Crippen molar-refractivity contribution in [3.8, 4) is 11.5 Å². The highest BCUT2D eigenvalue weighted by Crippen LogP contribution is 2.43. The Morgan fingerprint density at radius 3 is 1.60 bits per heavy atom. The lowest BCUT2D eigenvalue weighted by atomic mass is 9.97. The quantitative estimate of drug-likeness (QED) is 0.664. The third kappa shape index (κ3) is 3.07. The topological polar surface area (TPSA) is 65.2 Å². The molecule has 0 spiro atoms. The van der Waals surface area contributed by atoms with Crippen molar-refractivity contribution in [1.29, 1.82) is 0 Å². The van der Waals surface area contributed by atoms with E-state index < -0.39 is 0 Å². The van der Waals surface area contributed by atoms with Crippen LogP contribution in [0.25, 0.3) is 0 Å². The predicted molar refractivity (Wildman–Crippen MR) is 99.7 cm³/mol. The first kappa shape index (κ1) is 15.6. The lowest BCUT2D eigenvalue weighted by Gasteiger charge is -2.21. The van der Waals surface area contributed by atoms with Crippen molar-refractivity contribution < 1.29 is 10.2 Å². The molecule has 4 nitrogen and oxygen atoms in total. The molecule has 0 amide bonds. The van der Waals surface area contributed by atoms with E-state index in [-0.39, 0.29) is 23.6 Å². The van der Waals surface area contributed by atoms with Gasteiger partial charge in [0.1, 0.15) is 11.5 Å². The molecule has 0 aromatic heterocycles. The van der Waals surface area contributed by atoms with Gasteiger partial charge in [0.05, 0.1) is 12.1 Å². The lowest BCUT2D eigenvalue weighted by Crippen LogP contribution is -2.27. The molecule has 2 unspecified atom stereocenters. The van der Waals surface area contributed by atoms with Gasteiger partial charge in [-0.3, -0.25) is 9.98 Å². The fourth-order valence-electron chi connectivity index (χ4n) is 3.69. The van der Waals surface area contributed by atoms with Gasteiger partial charge in [0, 0.05) is 35.4 Å². The number of phenolic OH excluding ortho intramolecular Hbond substituents is 2. The van der Waals surface area contributed by atoms with E-state index in [4.69, 9.17) is 9.98 Å². The molecular weight excluding hydrogens is 312 g/mol. The van der Waals surface area contributed by atoms with Gasteiger partial charge < -0.3 is 10.2 Å². The van der Waals surface area contributed by atoms with Crippen LogP contribution >= 0.6 is 0 Å². The minimum absolute atomic E-state index is 0.0664. The first-order valence-electron chi connectivity index (χ1n) is 8.53. The number of hydrogen-bond donors (Lipinski definition) is 2. The smallest absolute Gasteiger partial charge is 0.124 e. The Balaban J connectivity index is 1.57. The molecule has 2 aromatic rings. The molecule has 2 bridgehead atoms. The molecule has 0 aliphatic heterocycles. The van der Waals surface area contributed by atoms with Crippen LogP contribution in [0, 0.1) is 11.8 Å². The van der Waals surface area contributed by atoms with Crippen molar-refractivity contribution in [2.75, 3.05) is 0 Å². The summed E-state index contributed by atoms with van der Waals surface area (Å²) in [5.74, 6) is 1.25. The summed E-state index contributed by atoms with van der Waals surface area (Å²) in [4.78, 5) is 9.48. The Morgan fingerprint density at radius 2 is 1.16 bits per heavy atom. The number of nitrogens with zero attached hydrogens (tertiary/aromatic N) is 2. The average molecular weight is 332 g/mol. The van der Waals surface area contributed by atoms with Gasteiger partial charge in [-0.15, -0.1) is 0 Å². The minimum Gasteiger partial charge on any atom is -0.507 e. The minimum atomic E-state index is 0.0664. The van der Waals surface area contributed by atoms with E-state index in [1.54, 1.807) is 36.7 Å². The molecule has 2 aliphatic carbocycles. The number of aromatic hydroxyl groups is 2. The second-order valence-corrected chi connectivity index (χ2v) is 6.60. The molecule has 0 saturated heterocycles. The van der Waals surface area contributed by atoms with Crippen LogP contribution in [-0.4, -0.2) is 34.7 Å². The van der Waals surface area contributed by atoms with Gasteiger partial charge in [0.15, 0.2) is 0 Å². The number of aliphatic imine (C=N–C) groups is 2. The van der Waals surface area contributed by atoms with Crippen LogP contribution in [0.5, 0.6) is 11.5 Å². The van der Waals surface area contributed by atoms with Crippen LogP contribution in [-0.2, 0) is 0 Å². The maximum absolute atomic E-state index is 9.90. The summed E-state index contributed by atoms with van der Waals surface area (Å²) in [6, 6.07) is 14.5. The van der Waals surface area contributed by atoms with Crippen molar-refractivity contribution in [1.82, 2.24) is 0 Å². The Morgan fingerprint density at radius 1 is 0.720 bits per heavy atom. The van der Waals surface area contributed by atoms with Crippen LogP contribution in [0.15, 0.2) is 70.7 Å². The van der Waals surface area contributed by atoms with E-state index in [9.17, 15) is 10.2 Å². The SMILES string of the molecule is Oc1ccccc1C=NC1C(N=Cc2ccccc2O)[C@H]2C=C[C@@H]1C2. The summed E-state index contributed by atoms with van der Waals surface area (Å²) >= 11 is 0. The van der Waals surface area contributed by atoms with E-state index in [1.807, 2.05) is 24.3 Å². The maximum Gasteiger partial charge on any atom is 0.124 e. The number of phenols is 2. The van der Waals surface area contributed by atoms with Crippen molar-refractivity contribution in [3.63, 3.8) is 0 Å². The zero-order valence-electron chi connectivity index (χ0n) is 13.7. The average Bonchev–Trinajstić information content (AvgIpc) is 3.22. The monoisotopic (exact) mass is 332 g/mol. The first-order valence-corrected chi connectivity index (χ1v) is 8.53. The van der Waals surface area contributed by atoms with E-state index in [0.717, 1.165) is 17.5 Å². The Kier molecular flexibility index (Phi) is 4.10. The van der Waals surface area contributed by atoms with Crippen LogP contribution in [0.1, 0.15) is 17.5 Å². The summed E-state index contributed by atoms with van der Waals surface area (Å²) in [5, 5.41) is 19.8. The summed E-state index contributed by atoms with van der Waals surface area (Å²) in [6.07, 6.45) is 9.01. The molecule has 4 atom stereocenters. The molecule has 0 radical (unpaired) electrons. The molecule has 0 heterocycles. The molecular formula is C21H20N2O2. The molecule has 2 aromatic carbocycles. The summed E-state index contributed by atoms with van der Waals surface area (Å²) in [7, 11) is 0. The zero-order chi connectivity index (χ0) is 17.2. The van der Waals surface area contributed by atoms with Crippen LogP contribution in [0.3, 0.4) is 0 Å². The van der Waals surface area contributed by atoms with E-state index in [1.165, 1.54) is 0 Å². The van der Waals surface area contributed by atoms with Crippen molar-refractivity contribution in [2.24, 2.45) is 21.8 Å². The third-order valence-corrected chi connectivity index (χ3v) is 5.02. The highest BCUT2D eigenvalue weighted by Gasteiger charge is 2.44. The van der Waals surface area contributed by atoms with Gasteiger partial charge in [0.2, 0.25) is 0 Å². The van der Waals surface area contributed by atoms with Gasteiger partial charge in [-0.05, 0) is 30.7 Å². The number of benzene rings is 2. The number of hydrogen-bond acceptors (Lipinski definition) is 4. The molecule has 2 N–H and O–H groups in total. The van der Waals surface area contributed by atoms with E-state index >= 15 is 0 Å². The van der Waals surface area contributed by atoms with Crippen molar-refractivity contribution >= 4 is 12.4 Å². The summed E-state index contributed by atoms with van der Waals surface area (Å²) < 4.78 is 0.